The molecule has 8 nitrogen and oxygen atoms in total. The van der Waals surface area contributed by atoms with Crippen molar-refractivity contribution in [3.05, 3.63) is 29.7 Å². The first-order chi connectivity index (χ1) is 11.5. The average Bonchev–Trinajstić information content (AvgIpc) is 3.14. The molecule has 4 rings (SSSR count). The summed E-state index contributed by atoms with van der Waals surface area (Å²) in [6.45, 7) is 5.72. The van der Waals surface area contributed by atoms with Crippen molar-refractivity contribution in [2.45, 2.75) is 13.8 Å². The summed E-state index contributed by atoms with van der Waals surface area (Å²) in [7, 11) is 1.94. The van der Waals surface area contributed by atoms with E-state index in [2.05, 4.69) is 20.2 Å². The Morgan fingerprint density at radius 2 is 2.12 bits per heavy atom. The van der Waals surface area contributed by atoms with Gasteiger partial charge in [0.05, 0.1) is 6.54 Å². The zero-order valence-electron chi connectivity index (χ0n) is 13.9. The fourth-order valence-electron chi connectivity index (χ4n) is 3.10. The number of nitrogens with one attached hydrogen (secondary N) is 1. The van der Waals surface area contributed by atoms with Crippen LogP contribution in [0, 0.1) is 13.8 Å². The van der Waals surface area contributed by atoms with Gasteiger partial charge in [0.15, 0.2) is 11.5 Å². The number of piperazine rings is 1. The van der Waals surface area contributed by atoms with Crippen LogP contribution in [0.1, 0.15) is 11.3 Å². The molecule has 4 heterocycles. The number of fused-ring (bicyclic) bond motifs is 1. The molecular formula is C16H19N7O. The first-order valence-corrected chi connectivity index (χ1v) is 7.91. The van der Waals surface area contributed by atoms with Crippen LogP contribution < -0.4 is 10.2 Å². The van der Waals surface area contributed by atoms with E-state index in [-0.39, 0.29) is 5.91 Å². The van der Waals surface area contributed by atoms with Crippen molar-refractivity contribution < 1.29 is 4.79 Å². The number of aryl methyl sites for hydroxylation is 2. The van der Waals surface area contributed by atoms with Crippen LogP contribution in [0.2, 0.25) is 0 Å². The highest BCUT2D eigenvalue weighted by atomic mass is 16.2. The second kappa shape index (κ2) is 5.33. The lowest BCUT2D eigenvalue weighted by Gasteiger charge is -2.30. The van der Waals surface area contributed by atoms with Gasteiger partial charge in [-0.05, 0) is 13.8 Å². The van der Waals surface area contributed by atoms with Gasteiger partial charge in [0.25, 0.3) is 0 Å². The molecule has 0 radical (unpaired) electrons. The van der Waals surface area contributed by atoms with Crippen molar-refractivity contribution >= 4 is 17.4 Å². The molecule has 3 aromatic heterocycles. The predicted octanol–water partition coefficient (Wildman–Crippen LogP) is 0.683. The van der Waals surface area contributed by atoms with Crippen molar-refractivity contribution in [3.8, 4) is 11.5 Å². The van der Waals surface area contributed by atoms with E-state index in [0.717, 1.165) is 40.8 Å². The van der Waals surface area contributed by atoms with Gasteiger partial charge in [-0.1, -0.05) is 0 Å². The number of hydrogen-bond acceptors (Lipinski definition) is 5. The van der Waals surface area contributed by atoms with Gasteiger partial charge in [0.1, 0.15) is 11.5 Å². The molecule has 3 aromatic rings. The summed E-state index contributed by atoms with van der Waals surface area (Å²) in [5.74, 6) is 1.74. The standard InChI is InChI=1S/C16H19N7O/c1-10-11(2)19-13-8-12(15-18-4-6-21(15)3)20-23(13)16(10)22-7-5-17-14(24)9-22/h4,6,8H,5,7,9H2,1-3H3,(H,17,24). The Bertz CT molecular complexity index is 939. The molecule has 24 heavy (non-hydrogen) atoms. The van der Waals surface area contributed by atoms with Gasteiger partial charge in [-0.25, -0.2) is 9.97 Å². The topological polar surface area (TPSA) is 80.4 Å². The van der Waals surface area contributed by atoms with Crippen LogP contribution in [0.25, 0.3) is 17.2 Å². The molecule has 1 amide bonds. The summed E-state index contributed by atoms with van der Waals surface area (Å²) in [4.78, 5) is 22.9. The van der Waals surface area contributed by atoms with Crippen molar-refractivity contribution in [2.24, 2.45) is 7.05 Å². The van der Waals surface area contributed by atoms with Crippen molar-refractivity contribution in [1.29, 1.82) is 0 Å². The highest BCUT2D eigenvalue weighted by Gasteiger charge is 2.23. The van der Waals surface area contributed by atoms with Crippen LogP contribution in [0.3, 0.4) is 0 Å². The summed E-state index contributed by atoms with van der Waals surface area (Å²) in [5.41, 5.74) is 3.50. The van der Waals surface area contributed by atoms with Crippen LogP contribution in [0.5, 0.6) is 0 Å². The Morgan fingerprint density at radius 3 is 2.83 bits per heavy atom. The molecule has 124 valence electrons. The minimum Gasteiger partial charge on any atom is -0.353 e. The molecule has 0 bridgehead atoms. The van der Waals surface area contributed by atoms with Gasteiger partial charge >= 0.3 is 0 Å². The number of aromatic nitrogens is 5. The lowest BCUT2D eigenvalue weighted by atomic mass is 10.2. The second-order valence-corrected chi connectivity index (χ2v) is 6.08. The molecule has 1 N–H and O–H groups in total. The van der Waals surface area contributed by atoms with Crippen molar-refractivity contribution in [2.75, 3.05) is 24.5 Å². The number of carbonyl (C=O) groups excluding carboxylic acids is 1. The zero-order chi connectivity index (χ0) is 16.8. The van der Waals surface area contributed by atoms with E-state index in [1.807, 2.05) is 42.2 Å². The highest BCUT2D eigenvalue weighted by Crippen LogP contribution is 2.26. The van der Waals surface area contributed by atoms with E-state index in [9.17, 15) is 4.79 Å². The average molecular weight is 325 g/mol. The van der Waals surface area contributed by atoms with Gasteiger partial charge in [0, 0.05) is 49.9 Å². The van der Waals surface area contributed by atoms with Gasteiger partial charge < -0.3 is 14.8 Å². The number of anilines is 1. The van der Waals surface area contributed by atoms with Gasteiger partial charge in [-0.2, -0.15) is 9.61 Å². The molecule has 0 unspecified atom stereocenters. The molecular weight excluding hydrogens is 306 g/mol. The molecule has 1 aliphatic rings. The van der Waals surface area contributed by atoms with E-state index in [1.165, 1.54) is 0 Å². The van der Waals surface area contributed by atoms with Crippen LogP contribution in [-0.2, 0) is 11.8 Å². The Labute approximate surface area is 139 Å². The normalized spacial score (nSPS) is 15.1. The van der Waals surface area contributed by atoms with Crippen molar-refractivity contribution in [1.82, 2.24) is 29.5 Å². The molecule has 0 saturated carbocycles. The summed E-state index contributed by atoms with van der Waals surface area (Å²) >= 11 is 0. The van der Waals surface area contributed by atoms with E-state index in [1.54, 1.807) is 6.20 Å². The van der Waals surface area contributed by atoms with E-state index in [4.69, 9.17) is 5.10 Å². The molecule has 1 aliphatic heterocycles. The molecule has 8 heteroatoms. The maximum Gasteiger partial charge on any atom is 0.239 e. The quantitative estimate of drug-likeness (QED) is 0.749. The molecule has 0 atom stereocenters. The minimum atomic E-state index is 0.0275. The van der Waals surface area contributed by atoms with Crippen LogP contribution in [-0.4, -0.2) is 49.7 Å². The third-order valence-corrected chi connectivity index (χ3v) is 4.44. The fourth-order valence-corrected chi connectivity index (χ4v) is 3.10. The summed E-state index contributed by atoms with van der Waals surface area (Å²) < 4.78 is 3.75. The van der Waals surface area contributed by atoms with E-state index >= 15 is 0 Å². The Morgan fingerprint density at radius 1 is 1.29 bits per heavy atom. The number of hydrogen-bond donors (Lipinski definition) is 1. The van der Waals surface area contributed by atoms with E-state index < -0.39 is 0 Å². The third-order valence-electron chi connectivity index (χ3n) is 4.44. The minimum absolute atomic E-state index is 0.0275. The van der Waals surface area contributed by atoms with Gasteiger partial charge in [-0.3, -0.25) is 4.79 Å². The number of carbonyl (C=O) groups is 1. The Hall–Kier alpha value is -2.90. The number of rotatable bonds is 2. The lowest BCUT2D eigenvalue weighted by Crippen LogP contribution is -2.48. The Kier molecular flexibility index (Phi) is 3.26. The molecule has 1 fully saturated rings. The van der Waals surface area contributed by atoms with Crippen LogP contribution in [0.15, 0.2) is 18.5 Å². The molecule has 0 aliphatic carbocycles. The van der Waals surface area contributed by atoms with Gasteiger partial charge in [0.2, 0.25) is 5.91 Å². The maximum absolute atomic E-state index is 11.8. The fraction of sp³-hybridized carbons (Fsp3) is 0.375. The number of imidazole rings is 1. The van der Waals surface area contributed by atoms with E-state index in [0.29, 0.717) is 13.1 Å². The largest absolute Gasteiger partial charge is 0.353 e. The zero-order valence-corrected chi connectivity index (χ0v) is 13.9. The van der Waals surface area contributed by atoms with Gasteiger partial charge in [-0.15, -0.1) is 0 Å². The second-order valence-electron chi connectivity index (χ2n) is 6.08. The smallest absolute Gasteiger partial charge is 0.239 e. The maximum atomic E-state index is 11.8. The monoisotopic (exact) mass is 325 g/mol. The van der Waals surface area contributed by atoms with Crippen molar-refractivity contribution in [3.63, 3.8) is 0 Å². The highest BCUT2D eigenvalue weighted by molar-refractivity contribution is 5.83. The summed E-state index contributed by atoms with van der Waals surface area (Å²) in [6.07, 6.45) is 3.64. The molecule has 0 spiro atoms. The summed E-state index contributed by atoms with van der Waals surface area (Å²) in [5, 5.41) is 7.58. The third kappa shape index (κ3) is 2.22. The first-order valence-electron chi connectivity index (χ1n) is 7.91. The SMILES string of the molecule is Cc1nc2cc(-c3nccn3C)nn2c(N2CCNC(=O)C2)c1C. The van der Waals surface area contributed by atoms with Crippen LogP contribution in [0.4, 0.5) is 5.82 Å². The number of nitrogens with zero attached hydrogens (tertiary/aromatic N) is 6. The predicted molar refractivity (Wildman–Crippen MR) is 89.9 cm³/mol. The Balaban J connectivity index is 1.91. The van der Waals surface area contributed by atoms with Crippen LogP contribution >= 0.6 is 0 Å². The number of amides is 1. The first kappa shape index (κ1) is 14.7. The molecule has 1 saturated heterocycles. The lowest BCUT2D eigenvalue weighted by molar-refractivity contribution is -0.120. The molecule has 0 aromatic carbocycles. The summed E-state index contributed by atoms with van der Waals surface area (Å²) in [6, 6.07) is 1.93.